The summed E-state index contributed by atoms with van der Waals surface area (Å²) < 4.78 is 0. The normalized spacial score (nSPS) is 11.3. The fourth-order valence-electron chi connectivity index (χ4n) is 2.37. The summed E-state index contributed by atoms with van der Waals surface area (Å²) in [6, 6.07) is 9.54. The molecular formula is C18H18N2O2S2. The number of rotatable bonds is 5. The van der Waals surface area contributed by atoms with Crippen molar-refractivity contribution in [2.45, 2.75) is 31.8 Å². The van der Waals surface area contributed by atoms with Gasteiger partial charge in [-0.05, 0) is 24.5 Å². The van der Waals surface area contributed by atoms with Gasteiger partial charge >= 0.3 is 0 Å². The fourth-order valence-corrected chi connectivity index (χ4v) is 4.07. The summed E-state index contributed by atoms with van der Waals surface area (Å²) in [5, 5.41) is 1.10. The van der Waals surface area contributed by atoms with Gasteiger partial charge in [-0.25, -0.2) is 4.98 Å². The second kappa shape index (κ2) is 6.91. The highest BCUT2D eigenvalue weighted by molar-refractivity contribution is 7.99. The van der Waals surface area contributed by atoms with Gasteiger partial charge in [0.2, 0.25) is 0 Å². The topological polar surface area (TPSA) is 62.8 Å². The number of aromatic nitrogens is 2. The molecule has 3 aromatic rings. The molecule has 0 spiro atoms. The highest BCUT2D eigenvalue weighted by Gasteiger charge is 2.11. The third-order valence-corrected chi connectivity index (χ3v) is 5.56. The van der Waals surface area contributed by atoms with E-state index in [0.29, 0.717) is 26.9 Å². The van der Waals surface area contributed by atoms with E-state index in [1.165, 1.54) is 28.7 Å². The number of nitrogens with zero attached hydrogens (tertiary/aromatic N) is 1. The lowest BCUT2D eigenvalue weighted by Gasteiger charge is -2.06. The summed E-state index contributed by atoms with van der Waals surface area (Å²) in [5.74, 6) is 0.721. The van der Waals surface area contributed by atoms with Crippen molar-refractivity contribution < 1.29 is 4.79 Å². The SMILES string of the molecule is Cc1cc2c(=O)[nH]c(SCC(=O)c3ccc(C(C)C)cc3)nc2s1. The molecule has 0 bridgehead atoms. The number of carbonyl (C=O) groups is 1. The van der Waals surface area contributed by atoms with Crippen molar-refractivity contribution in [3.05, 3.63) is 56.7 Å². The number of H-pyrrole nitrogens is 1. The van der Waals surface area contributed by atoms with E-state index in [4.69, 9.17) is 0 Å². The largest absolute Gasteiger partial charge is 0.301 e. The first-order valence-electron chi connectivity index (χ1n) is 7.70. The maximum absolute atomic E-state index is 12.3. The van der Waals surface area contributed by atoms with E-state index in [1.807, 2.05) is 37.3 Å². The van der Waals surface area contributed by atoms with E-state index in [-0.39, 0.29) is 17.1 Å². The summed E-state index contributed by atoms with van der Waals surface area (Å²) in [4.78, 5) is 33.3. The molecule has 0 aliphatic heterocycles. The first-order valence-corrected chi connectivity index (χ1v) is 9.50. The second-order valence-electron chi connectivity index (χ2n) is 5.94. The van der Waals surface area contributed by atoms with Gasteiger partial charge in [0.05, 0.1) is 11.1 Å². The molecule has 0 radical (unpaired) electrons. The molecule has 1 aromatic carbocycles. The molecular weight excluding hydrogens is 340 g/mol. The molecule has 2 heterocycles. The van der Waals surface area contributed by atoms with Gasteiger partial charge in [-0.2, -0.15) is 0 Å². The summed E-state index contributed by atoms with van der Waals surface area (Å²) in [6.45, 7) is 6.19. The maximum Gasteiger partial charge on any atom is 0.260 e. The number of aryl methyl sites for hydroxylation is 1. The lowest BCUT2D eigenvalue weighted by Crippen LogP contribution is -2.09. The number of aromatic amines is 1. The van der Waals surface area contributed by atoms with Crippen LogP contribution in [0.2, 0.25) is 0 Å². The van der Waals surface area contributed by atoms with Gasteiger partial charge in [-0.3, -0.25) is 9.59 Å². The second-order valence-corrected chi connectivity index (χ2v) is 8.13. The minimum Gasteiger partial charge on any atom is -0.301 e. The van der Waals surface area contributed by atoms with E-state index in [1.54, 1.807) is 0 Å². The van der Waals surface area contributed by atoms with Crippen molar-refractivity contribution in [2.75, 3.05) is 5.75 Å². The van der Waals surface area contributed by atoms with Crippen LogP contribution in [0, 0.1) is 6.92 Å². The monoisotopic (exact) mass is 358 g/mol. The number of carbonyl (C=O) groups excluding carboxylic acids is 1. The van der Waals surface area contributed by atoms with Crippen molar-refractivity contribution in [3.8, 4) is 0 Å². The third-order valence-electron chi connectivity index (χ3n) is 3.74. The molecule has 3 rings (SSSR count). The predicted octanol–water partition coefficient (Wildman–Crippen LogP) is 4.39. The Balaban J connectivity index is 1.73. The van der Waals surface area contributed by atoms with Crippen LogP contribution in [0.1, 0.15) is 40.6 Å². The van der Waals surface area contributed by atoms with E-state index in [2.05, 4.69) is 23.8 Å². The Kier molecular flexibility index (Phi) is 4.87. The van der Waals surface area contributed by atoms with Crippen LogP contribution in [0.15, 0.2) is 40.3 Å². The molecule has 6 heteroatoms. The highest BCUT2D eigenvalue weighted by atomic mass is 32.2. The molecule has 24 heavy (non-hydrogen) atoms. The zero-order valence-electron chi connectivity index (χ0n) is 13.8. The van der Waals surface area contributed by atoms with Crippen LogP contribution >= 0.6 is 23.1 Å². The Morgan fingerprint density at radius 2 is 2.00 bits per heavy atom. The number of ketones is 1. The maximum atomic E-state index is 12.3. The number of Topliss-reactive ketones (excluding diaryl/α,β-unsaturated/α-hetero) is 1. The van der Waals surface area contributed by atoms with Crippen LogP contribution in [0.25, 0.3) is 10.2 Å². The number of hydrogen-bond acceptors (Lipinski definition) is 5. The molecule has 2 aromatic heterocycles. The molecule has 0 saturated carbocycles. The van der Waals surface area contributed by atoms with Gasteiger partial charge in [-0.15, -0.1) is 11.3 Å². The first kappa shape index (κ1) is 16.9. The Morgan fingerprint density at radius 3 is 2.67 bits per heavy atom. The van der Waals surface area contributed by atoms with E-state index in [9.17, 15) is 9.59 Å². The molecule has 0 fully saturated rings. The quantitative estimate of drug-likeness (QED) is 0.417. The van der Waals surface area contributed by atoms with Crippen LogP contribution in [0.3, 0.4) is 0 Å². The van der Waals surface area contributed by atoms with E-state index < -0.39 is 0 Å². The smallest absolute Gasteiger partial charge is 0.260 e. The minimum atomic E-state index is -0.152. The van der Waals surface area contributed by atoms with Crippen molar-refractivity contribution in [1.29, 1.82) is 0 Å². The summed E-state index contributed by atoms with van der Waals surface area (Å²) >= 11 is 2.75. The minimum absolute atomic E-state index is 0.0282. The number of nitrogens with one attached hydrogen (secondary N) is 1. The molecule has 1 N–H and O–H groups in total. The van der Waals surface area contributed by atoms with E-state index >= 15 is 0 Å². The van der Waals surface area contributed by atoms with Crippen LogP contribution in [-0.4, -0.2) is 21.5 Å². The summed E-state index contributed by atoms with van der Waals surface area (Å²) in [6.07, 6.45) is 0. The van der Waals surface area contributed by atoms with Gasteiger partial charge in [0, 0.05) is 10.4 Å². The first-order chi connectivity index (χ1) is 11.4. The molecule has 0 amide bonds. The Bertz CT molecular complexity index is 940. The van der Waals surface area contributed by atoms with Crippen molar-refractivity contribution in [1.82, 2.24) is 9.97 Å². The average Bonchev–Trinajstić information content (AvgIpc) is 2.93. The predicted molar refractivity (Wildman–Crippen MR) is 101 cm³/mol. The van der Waals surface area contributed by atoms with Crippen LogP contribution in [0.5, 0.6) is 0 Å². The number of thioether (sulfide) groups is 1. The van der Waals surface area contributed by atoms with E-state index in [0.717, 1.165) is 4.88 Å². The number of fused-ring (bicyclic) bond motifs is 1. The highest BCUT2D eigenvalue weighted by Crippen LogP contribution is 2.23. The lowest BCUT2D eigenvalue weighted by molar-refractivity contribution is 0.102. The standard InChI is InChI=1S/C18H18N2O2S2/c1-10(2)12-4-6-13(7-5-12)15(21)9-23-18-19-16(22)14-8-11(3)24-17(14)20-18/h4-8,10H,9H2,1-3H3,(H,19,20,22). The van der Waals surface area contributed by atoms with Gasteiger partial charge in [-0.1, -0.05) is 49.9 Å². The molecule has 0 unspecified atom stereocenters. The van der Waals surface area contributed by atoms with Gasteiger partial charge < -0.3 is 4.98 Å². The molecule has 0 aliphatic carbocycles. The third kappa shape index (κ3) is 3.60. The molecule has 4 nitrogen and oxygen atoms in total. The van der Waals surface area contributed by atoms with Gasteiger partial charge in [0.25, 0.3) is 5.56 Å². The fraction of sp³-hybridized carbons (Fsp3) is 0.278. The molecule has 0 atom stereocenters. The molecule has 124 valence electrons. The number of hydrogen-bond donors (Lipinski definition) is 1. The summed E-state index contributed by atoms with van der Waals surface area (Å²) in [7, 11) is 0. The zero-order chi connectivity index (χ0) is 17.3. The zero-order valence-corrected chi connectivity index (χ0v) is 15.4. The lowest BCUT2D eigenvalue weighted by atomic mass is 10.0. The van der Waals surface area contributed by atoms with Gasteiger partial charge in [0.1, 0.15) is 4.83 Å². The average molecular weight is 358 g/mol. The Labute approximate surface area is 148 Å². The van der Waals surface area contributed by atoms with Crippen molar-refractivity contribution in [3.63, 3.8) is 0 Å². The molecule has 0 saturated heterocycles. The van der Waals surface area contributed by atoms with Gasteiger partial charge in [0.15, 0.2) is 10.9 Å². The van der Waals surface area contributed by atoms with Crippen LogP contribution < -0.4 is 5.56 Å². The molecule has 0 aliphatic rings. The van der Waals surface area contributed by atoms with Crippen molar-refractivity contribution in [2.24, 2.45) is 0 Å². The van der Waals surface area contributed by atoms with Crippen molar-refractivity contribution >= 4 is 39.1 Å². The number of thiophene rings is 1. The summed E-state index contributed by atoms with van der Waals surface area (Å²) in [5.41, 5.74) is 1.74. The van der Waals surface area contributed by atoms with Crippen LogP contribution in [-0.2, 0) is 0 Å². The Morgan fingerprint density at radius 1 is 1.29 bits per heavy atom. The van der Waals surface area contributed by atoms with Crippen LogP contribution in [0.4, 0.5) is 0 Å². The number of benzene rings is 1. The Hall–Kier alpha value is -1.92.